The summed E-state index contributed by atoms with van der Waals surface area (Å²) >= 11 is 6.73. The molecule has 136 valence electrons. The third kappa shape index (κ3) is 5.94. The van der Waals surface area contributed by atoms with Crippen LogP contribution in [0.4, 0.5) is 5.69 Å². The molecule has 0 aliphatic carbocycles. The molecule has 7 heteroatoms. The molecule has 2 aromatic rings. The van der Waals surface area contributed by atoms with Crippen molar-refractivity contribution in [2.75, 3.05) is 18.5 Å². The average Bonchev–Trinajstić information content (AvgIpc) is 3.33. The molecule has 0 saturated carbocycles. The van der Waals surface area contributed by atoms with Crippen LogP contribution in [0.5, 0.6) is 5.75 Å². The lowest BCUT2D eigenvalue weighted by atomic mass is 10.2. The second kappa shape index (κ2) is 9.47. The van der Waals surface area contributed by atoms with Gasteiger partial charge in [-0.15, -0.1) is 11.3 Å². The minimum absolute atomic E-state index is 0.192. The highest BCUT2D eigenvalue weighted by Crippen LogP contribution is 2.18. The molecule has 0 spiro atoms. The minimum Gasteiger partial charge on any atom is -0.491 e. The molecule has 26 heavy (non-hydrogen) atoms. The molecule has 0 radical (unpaired) electrons. The fourth-order valence-electron chi connectivity index (χ4n) is 2.46. The first-order valence-corrected chi connectivity index (χ1v) is 9.66. The number of anilines is 1. The molecule has 1 saturated heterocycles. The molecule has 2 heterocycles. The largest absolute Gasteiger partial charge is 0.491 e. The van der Waals surface area contributed by atoms with Gasteiger partial charge in [0.25, 0.3) is 0 Å². The third-order valence-corrected chi connectivity index (χ3v) is 4.79. The molecule has 2 N–H and O–H groups in total. The number of rotatable bonds is 6. The summed E-state index contributed by atoms with van der Waals surface area (Å²) in [5.41, 5.74) is 0.780. The maximum absolute atomic E-state index is 11.9. The molecule has 0 bridgehead atoms. The van der Waals surface area contributed by atoms with Crippen molar-refractivity contribution < 1.29 is 14.3 Å². The smallest absolute Gasteiger partial charge is 0.250 e. The van der Waals surface area contributed by atoms with Gasteiger partial charge in [-0.05, 0) is 66.8 Å². The Morgan fingerprint density at radius 1 is 1.35 bits per heavy atom. The predicted molar refractivity (Wildman–Crippen MR) is 109 cm³/mol. The molecular weight excluding hydrogens is 368 g/mol. The van der Waals surface area contributed by atoms with Gasteiger partial charge in [0, 0.05) is 23.2 Å². The highest BCUT2D eigenvalue weighted by Gasteiger charge is 2.15. The van der Waals surface area contributed by atoms with Gasteiger partial charge in [0.1, 0.15) is 12.4 Å². The summed E-state index contributed by atoms with van der Waals surface area (Å²) in [4.78, 5) is 12.9. The summed E-state index contributed by atoms with van der Waals surface area (Å²) in [6.07, 6.45) is 5.56. The molecule has 1 aliphatic heterocycles. The molecule has 1 fully saturated rings. The van der Waals surface area contributed by atoms with Gasteiger partial charge in [-0.3, -0.25) is 10.1 Å². The van der Waals surface area contributed by atoms with Crippen molar-refractivity contribution in [1.82, 2.24) is 5.32 Å². The first-order chi connectivity index (χ1) is 12.7. The zero-order chi connectivity index (χ0) is 18.2. The van der Waals surface area contributed by atoms with E-state index in [4.69, 9.17) is 21.7 Å². The first kappa shape index (κ1) is 18.6. The number of hydrogen-bond donors (Lipinski definition) is 2. The van der Waals surface area contributed by atoms with Gasteiger partial charge in [0.15, 0.2) is 5.11 Å². The van der Waals surface area contributed by atoms with Gasteiger partial charge >= 0.3 is 0 Å². The van der Waals surface area contributed by atoms with Crippen LogP contribution in [-0.4, -0.2) is 30.3 Å². The van der Waals surface area contributed by atoms with Crippen molar-refractivity contribution in [2.45, 2.75) is 18.9 Å². The molecule has 1 amide bonds. The van der Waals surface area contributed by atoms with E-state index in [1.54, 1.807) is 17.4 Å². The molecule has 1 aliphatic rings. The third-order valence-electron chi connectivity index (χ3n) is 3.75. The van der Waals surface area contributed by atoms with E-state index in [2.05, 4.69) is 10.6 Å². The Balaban J connectivity index is 1.42. The van der Waals surface area contributed by atoms with Crippen molar-refractivity contribution in [3.63, 3.8) is 0 Å². The number of amides is 1. The summed E-state index contributed by atoms with van der Waals surface area (Å²) in [6, 6.07) is 11.3. The minimum atomic E-state index is -0.271. The van der Waals surface area contributed by atoms with E-state index in [1.807, 2.05) is 41.8 Å². The van der Waals surface area contributed by atoms with Gasteiger partial charge in [0.05, 0.1) is 6.10 Å². The van der Waals surface area contributed by atoms with E-state index in [0.29, 0.717) is 6.61 Å². The highest BCUT2D eigenvalue weighted by molar-refractivity contribution is 7.80. The van der Waals surface area contributed by atoms with Crippen LogP contribution >= 0.6 is 23.6 Å². The summed E-state index contributed by atoms with van der Waals surface area (Å²) < 4.78 is 11.3. The number of thiocarbonyl (C=S) groups is 1. The lowest BCUT2D eigenvalue weighted by molar-refractivity contribution is -0.115. The lowest BCUT2D eigenvalue weighted by Gasteiger charge is -2.12. The number of benzene rings is 1. The molecule has 5 nitrogen and oxygen atoms in total. The second-order valence-electron chi connectivity index (χ2n) is 5.76. The van der Waals surface area contributed by atoms with Crippen LogP contribution in [0.25, 0.3) is 6.08 Å². The summed E-state index contributed by atoms with van der Waals surface area (Å²) in [6.45, 7) is 1.39. The number of hydrogen-bond acceptors (Lipinski definition) is 5. The van der Waals surface area contributed by atoms with Gasteiger partial charge in [-0.25, -0.2) is 0 Å². The topological polar surface area (TPSA) is 59.6 Å². The number of thiophene rings is 1. The average molecular weight is 389 g/mol. The quantitative estimate of drug-likeness (QED) is 0.582. The number of carbonyl (C=O) groups excluding carboxylic acids is 1. The van der Waals surface area contributed by atoms with Gasteiger partial charge in [0.2, 0.25) is 5.91 Å². The SMILES string of the molecule is O=C(/C=C/c1cccs1)NC(=S)Nc1ccc(OCC2CCCO2)cc1. The molecule has 1 atom stereocenters. The Morgan fingerprint density at radius 3 is 2.88 bits per heavy atom. The molecule has 1 aromatic carbocycles. The number of nitrogens with one attached hydrogen (secondary N) is 2. The summed E-state index contributed by atoms with van der Waals surface area (Å²) in [7, 11) is 0. The van der Waals surface area contributed by atoms with Gasteiger partial charge < -0.3 is 14.8 Å². The lowest BCUT2D eigenvalue weighted by Crippen LogP contribution is -2.32. The van der Waals surface area contributed by atoms with Crippen molar-refractivity contribution in [2.24, 2.45) is 0 Å². The zero-order valence-electron chi connectivity index (χ0n) is 14.1. The normalized spacial score (nSPS) is 16.5. The number of carbonyl (C=O) groups is 1. The van der Waals surface area contributed by atoms with Crippen LogP contribution in [0.15, 0.2) is 47.9 Å². The van der Waals surface area contributed by atoms with Crippen LogP contribution in [0.2, 0.25) is 0 Å². The van der Waals surface area contributed by atoms with Crippen molar-refractivity contribution in [1.29, 1.82) is 0 Å². The van der Waals surface area contributed by atoms with Gasteiger partial charge in [-0.2, -0.15) is 0 Å². The van der Waals surface area contributed by atoms with Gasteiger partial charge in [-0.1, -0.05) is 6.07 Å². The van der Waals surface area contributed by atoms with E-state index >= 15 is 0 Å². The summed E-state index contributed by atoms with van der Waals surface area (Å²) in [5.74, 6) is 0.507. The van der Waals surface area contributed by atoms with E-state index < -0.39 is 0 Å². The first-order valence-electron chi connectivity index (χ1n) is 8.37. The summed E-state index contributed by atoms with van der Waals surface area (Å²) in [5, 5.41) is 7.80. The Labute approximate surface area is 162 Å². The van der Waals surface area contributed by atoms with Crippen molar-refractivity contribution in [3.05, 3.63) is 52.7 Å². The Morgan fingerprint density at radius 2 is 2.19 bits per heavy atom. The monoisotopic (exact) mass is 388 g/mol. The standard InChI is InChI=1S/C19H20N2O3S2/c22-18(10-9-17-4-2-12-26-17)21-19(25)20-14-5-7-15(8-6-14)24-13-16-3-1-11-23-16/h2,4-10,12,16H,1,3,11,13H2,(H2,20,21,22,25)/b10-9+. The Kier molecular flexibility index (Phi) is 6.76. The number of ether oxygens (including phenoxy) is 2. The molecule has 3 rings (SSSR count). The fourth-order valence-corrected chi connectivity index (χ4v) is 3.30. The van der Waals surface area contributed by atoms with Crippen molar-refractivity contribution >= 4 is 46.3 Å². The molecular formula is C19H20N2O3S2. The predicted octanol–water partition coefficient (Wildman–Crippen LogP) is 3.83. The Hall–Kier alpha value is -2.22. The highest BCUT2D eigenvalue weighted by atomic mass is 32.1. The second-order valence-corrected chi connectivity index (χ2v) is 7.15. The van der Waals surface area contributed by atoms with Crippen molar-refractivity contribution in [3.8, 4) is 5.75 Å². The van der Waals surface area contributed by atoms with E-state index in [0.717, 1.165) is 35.8 Å². The van der Waals surface area contributed by atoms with Crippen LogP contribution in [0.1, 0.15) is 17.7 Å². The van der Waals surface area contributed by atoms with E-state index in [9.17, 15) is 4.79 Å². The van der Waals surface area contributed by atoms with E-state index in [-0.39, 0.29) is 17.1 Å². The van der Waals surface area contributed by atoms with Crippen LogP contribution in [0, 0.1) is 0 Å². The maximum atomic E-state index is 11.9. The molecule has 1 unspecified atom stereocenters. The van der Waals surface area contributed by atoms with Crippen LogP contribution < -0.4 is 15.4 Å². The van der Waals surface area contributed by atoms with E-state index in [1.165, 1.54) is 6.08 Å². The fraction of sp³-hybridized carbons (Fsp3) is 0.263. The maximum Gasteiger partial charge on any atom is 0.250 e. The molecule has 1 aromatic heterocycles. The Bertz CT molecular complexity index is 752. The zero-order valence-corrected chi connectivity index (χ0v) is 15.8. The van der Waals surface area contributed by atoms with Crippen LogP contribution in [-0.2, 0) is 9.53 Å². The van der Waals surface area contributed by atoms with Crippen LogP contribution in [0.3, 0.4) is 0 Å².